The van der Waals surface area contributed by atoms with Crippen molar-refractivity contribution in [3.05, 3.63) is 18.1 Å². The Balaban J connectivity index is 1.69. The zero-order valence-corrected chi connectivity index (χ0v) is 12.2. The maximum atomic E-state index is 4.37. The van der Waals surface area contributed by atoms with Crippen LogP contribution in [0.5, 0.6) is 0 Å². The van der Waals surface area contributed by atoms with Gasteiger partial charge in [-0.2, -0.15) is 14.6 Å². The molecule has 20 heavy (non-hydrogen) atoms. The summed E-state index contributed by atoms with van der Waals surface area (Å²) < 4.78 is 1.78. The van der Waals surface area contributed by atoms with Crippen molar-refractivity contribution in [1.82, 2.24) is 24.5 Å². The third-order valence-corrected chi connectivity index (χ3v) is 3.86. The Labute approximate surface area is 119 Å². The highest BCUT2D eigenvalue weighted by atomic mass is 15.4. The van der Waals surface area contributed by atoms with Crippen molar-refractivity contribution in [2.24, 2.45) is 0 Å². The molecule has 1 aliphatic rings. The Morgan fingerprint density at radius 2 is 2.15 bits per heavy atom. The molecule has 0 aliphatic carbocycles. The van der Waals surface area contributed by atoms with Crippen LogP contribution in [-0.2, 0) is 0 Å². The van der Waals surface area contributed by atoms with Gasteiger partial charge >= 0.3 is 0 Å². The molecule has 1 N–H and O–H groups in total. The van der Waals surface area contributed by atoms with Crippen LogP contribution in [0.4, 0.5) is 5.82 Å². The van der Waals surface area contributed by atoms with E-state index in [4.69, 9.17) is 0 Å². The summed E-state index contributed by atoms with van der Waals surface area (Å²) in [6, 6.07) is 2.55. The summed E-state index contributed by atoms with van der Waals surface area (Å²) in [4.78, 5) is 11.1. The van der Waals surface area contributed by atoms with Crippen LogP contribution in [0.3, 0.4) is 0 Å². The Morgan fingerprint density at radius 3 is 2.90 bits per heavy atom. The summed E-state index contributed by atoms with van der Waals surface area (Å²) in [5.74, 6) is 1.66. The van der Waals surface area contributed by atoms with Crippen LogP contribution in [0.25, 0.3) is 5.78 Å². The summed E-state index contributed by atoms with van der Waals surface area (Å²) >= 11 is 0. The summed E-state index contributed by atoms with van der Waals surface area (Å²) in [6.45, 7) is 7.80. The number of likely N-dealkylation sites (tertiary alicyclic amines) is 1. The highest BCUT2D eigenvalue weighted by Gasteiger charge is 2.19. The van der Waals surface area contributed by atoms with Gasteiger partial charge in [-0.05, 0) is 32.7 Å². The van der Waals surface area contributed by atoms with E-state index in [1.165, 1.54) is 38.9 Å². The largest absolute Gasteiger partial charge is 0.367 e. The van der Waals surface area contributed by atoms with E-state index in [0.29, 0.717) is 11.8 Å². The minimum absolute atomic E-state index is 0.511. The third kappa shape index (κ3) is 2.75. The van der Waals surface area contributed by atoms with E-state index >= 15 is 0 Å². The number of aromatic nitrogens is 4. The molecular formula is C14H22N6. The zero-order valence-electron chi connectivity index (χ0n) is 12.2. The molecule has 6 heteroatoms. The maximum absolute atomic E-state index is 4.37. The van der Waals surface area contributed by atoms with Crippen molar-refractivity contribution < 1.29 is 0 Å². The number of piperidine rings is 1. The molecule has 0 unspecified atom stereocenters. The van der Waals surface area contributed by atoms with Crippen LogP contribution in [0, 0.1) is 6.92 Å². The Morgan fingerprint density at radius 1 is 1.35 bits per heavy atom. The first-order valence-electron chi connectivity index (χ1n) is 7.42. The van der Waals surface area contributed by atoms with Crippen molar-refractivity contribution in [2.75, 3.05) is 25.0 Å². The summed E-state index contributed by atoms with van der Waals surface area (Å²) in [7, 11) is 0. The Bertz CT molecular complexity index is 570. The maximum Gasteiger partial charge on any atom is 0.254 e. The van der Waals surface area contributed by atoms with Crippen LogP contribution < -0.4 is 5.32 Å². The average Bonchev–Trinajstić information content (AvgIpc) is 2.89. The van der Waals surface area contributed by atoms with Crippen molar-refractivity contribution in [3.63, 3.8) is 0 Å². The second-order valence-corrected chi connectivity index (χ2v) is 5.51. The third-order valence-electron chi connectivity index (χ3n) is 3.86. The smallest absolute Gasteiger partial charge is 0.254 e. The van der Waals surface area contributed by atoms with Crippen LogP contribution in [-0.4, -0.2) is 50.2 Å². The number of fused-ring (bicyclic) bond motifs is 1. The second kappa shape index (κ2) is 5.75. The van der Waals surface area contributed by atoms with Gasteiger partial charge in [-0.1, -0.05) is 6.92 Å². The number of rotatable bonds is 4. The molecule has 0 amide bonds. The predicted molar refractivity (Wildman–Crippen MR) is 78.9 cm³/mol. The van der Waals surface area contributed by atoms with Crippen molar-refractivity contribution in [1.29, 1.82) is 0 Å². The highest BCUT2D eigenvalue weighted by Crippen LogP contribution is 2.17. The van der Waals surface area contributed by atoms with Crippen LogP contribution in [0.15, 0.2) is 12.4 Å². The van der Waals surface area contributed by atoms with Gasteiger partial charge in [0.2, 0.25) is 0 Å². The fraction of sp³-hybridized carbons (Fsp3) is 0.643. The van der Waals surface area contributed by atoms with Crippen LogP contribution in [0.2, 0.25) is 0 Å². The minimum atomic E-state index is 0.511. The van der Waals surface area contributed by atoms with Gasteiger partial charge in [0.15, 0.2) is 0 Å². The van der Waals surface area contributed by atoms with E-state index in [1.54, 1.807) is 10.8 Å². The SMILES string of the molecule is CCCN1CCC(Nc2cc(C)nc3ncnn23)CC1. The molecule has 108 valence electrons. The van der Waals surface area contributed by atoms with E-state index in [9.17, 15) is 0 Å². The Hall–Kier alpha value is -1.69. The number of nitrogens with one attached hydrogen (secondary N) is 1. The molecule has 2 aromatic rings. The van der Waals surface area contributed by atoms with Gasteiger partial charge in [0.1, 0.15) is 12.1 Å². The molecule has 1 fully saturated rings. The van der Waals surface area contributed by atoms with Crippen molar-refractivity contribution in [3.8, 4) is 0 Å². The zero-order chi connectivity index (χ0) is 13.9. The van der Waals surface area contributed by atoms with Crippen LogP contribution >= 0.6 is 0 Å². The van der Waals surface area contributed by atoms with Gasteiger partial charge < -0.3 is 10.2 Å². The molecule has 1 saturated heterocycles. The lowest BCUT2D eigenvalue weighted by Crippen LogP contribution is -2.39. The van der Waals surface area contributed by atoms with Gasteiger partial charge in [-0.25, -0.2) is 4.98 Å². The predicted octanol–water partition coefficient (Wildman–Crippen LogP) is 1.72. The number of hydrogen-bond donors (Lipinski definition) is 1. The van der Waals surface area contributed by atoms with Crippen molar-refractivity contribution in [2.45, 2.75) is 39.2 Å². The molecule has 0 bridgehead atoms. The monoisotopic (exact) mass is 274 g/mol. The fourth-order valence-electron chi connectivity index (χ4n) is 2.86. The minimum Gasteiger partial charge on any atom is -0.367 e. The van der Waals surface area contributed by atoms with Crippen LogP contribution in [0.1, 0.15) is 31.9 Å². The number of nitrogens with zero attached hydrogens (tertiary/aromatic N) is 5. The lowest BCUT2D eigenvalue weighted by atomic mass is 10.0. The lowest BCUT2D eigenvalue weighted by molar-refractivity contribution is 0.219. The van der Waals surface area contributed by atoms with E-state index in [-0.39, 0.29) is 0 Å². The molecule has 0 atom stereocenters. The van der Waals surface area contributed by atoms with Gasteiger partial charge in [-0.3, -0.25) is 0 Å². The average molecular weight is 274 g/mol. The highest BCUT2D eigenvalue weighted by molar-refractivity contribution is 5.45. The molecule has 0 radical (unpaired) electrons. The van der Waals surface area contributed by atoms with E-state index in [0.717, 1.165) is 11.5 Å². The first kappa shape index (κ1) is 13.3. The van der Waals surface area contributed by atoms with E-state index in [2.05, 4.69) is 32.2 Å². The number of aryl methyl sites for hydroxylation is 1. The topological polar surface area (TPSA) is 58.3 Å². The Kier molecular flexibility index (Phi) is 3.82. The van der Waals surface area contributed by atoms with E-state index in [1.807, 2.05) is 13.0 Å². The van der Waals surface area contributed by atoms with E-state index < -0.39 is 0 Å². The molecule has 3 rings (SSSR count). The normalized spacial score (nSPS) is 17.7. The molecule has 0 saturated carbocycles. The number of hydrogen-bond acceptors (Lipinski definition) is 5. The molecule has 6 nitrogen and oxygen atoms in total. The number of anilines is 1. The molecule has 2 aromatic heterocycles. The van der Waals surface area contributed by atoms with Gasteiger partial charge in [0.05, 0.1) is 0 Å². The quantitative estimate of drug-likeness (QED) is 0.920. The molecular weight excluding hydrogens is 252 g/mol. The van der Waals surface area contributed by atoms with Gasteiger partial charge in [-0.15, -0.1) is 0 Å². The first-order chi connectivity index (χ1) is 9.76. The fourth-order valence-corrected chi connectivity index (χ4v) is 2.86. The first-order valence-corrected chi connectivity index (χ1v) is 7.42. The summed E-state index contributed by atoms with van der Waals surface area (Å²) in [5.41, 5.74) is 0.969. The summed E-state index contributed by atoms with van der Waals surface area (Å²) in [5, 5.41) is 7.85. The molecule has 0 aromatic carbocycles. The standard InChI is InChI=1S/C14H22N6/c1-3-6-19-7-4-12(5-8-19)18-13-9-11(2)17-14-15-10-16-20(13)14/h9-10,12,18H,3-8H2,1-2H3. The second-order valence-electron chi connectivity index (χ2n) is 5.51. The molecule has 3 heterocycles. The lowest BCUT2D eigenvalue weighted by Gasteiger charge is -2.32. The molecule has 0 spiro atoms. The molecule has 1 aliphatic heterocycles. The van der Waals surface area contributed by atoms with Gasteiger partial charge in [0, 0.05) is 30.9 Å². The summed E-state index contributed by atoms with van der Waals surface area (Å²) in [6.07, 6.45) is 5.15. The van der Waals surface area contributed by atoms with Gasteiger partial charge in [0.25, 0.3) is 5.78 Å². The van der Waals surface area contributed by atoms with Crippen molar-refractivity contribution >= 4 is 11.6 Å².